The van der Waals surface area contributed by atoms with Gasteiger partial charge in [0.15, 0.2) is 0 Å². The van der Waals surface area contributed by atoms with Crippen molar-refractivity contribution < 1.29 is 14.6 Å². The number of ether oxygens (including phenoxy) is 2. The molecule has 1 radical (unpaired) electrons. The van der Waals surface area contributed by atoms with E-state index < -0.39 is 5.60 Å². The van der Waals surface area contributed by atoms with E-state index in [-0.39, 0.29) is 6.61 Å². The molecular weight excluding hydrogens is 132 g/mol. The Hall–Kier alpha value is -0.120. The lowest BCUT2D eigenvalue weighted by molar-refractivity contribution is -0.0657. The van der Waals surface area contributed by atoms with Crippen molar-refractivity contribution in [2.45, 2.75) is 19.4 Å². The van der Waals surface area contributed by atoms with E-state index in [0.717, 1.165) is 0 Å². The molecule has 0 aliphatic heterocycles. The first-order valence-corrected chi connectivity index (χ1v) is 3.24. The molecule has 0 aromatic rings. The van der Waals surface area contributed by atoms with Gasteiger partial charge in [-0.1, -0.05) is 0 Å². The van der Waals surface area contributed by atoms with Crippen LogP contribution in [0.2, 0.25) is 0 Å². The SMILES string of the molecule is [CH2]OCCOC(C)(C)CO. The zero-order valence-electron chi connectivity index (χ0n) is 6.59. The van der Waals surface area contributed by atoms with Crippen LogP contribution in [0.25, 0.3) is 0 Å². The molecule has 3 heteroatoms. The molecule has 0 bridgehead atoms. The molecule has 0 rings (SSSR count). The molecule has 0 atom stereocenters. The second-order valence-electron chi connectivity index (χ2n) is 2.67. The molecule has 0 heterocycles. The first-order chi connectivity index (χ1) is 4.62. The van der Waals surface area contributed by atoms with Gasteiger partial charge in [-0.15, -0.1) is 0 Å². The zero-order valence-corrected chi connectivity index (χ0v) is 6.59. The van der Waals surface area contributed by atoms with Crippen molar-refractivity contribution in [2.75, 3.05) is 19.8 Å². The fourth-order valence-corrected chi connectivity index (χ4v) is 0.423. The number of aliphatic hydroxyl groups is 1. The van der Waals surface area contributed by atoms with Crippen molar-refractivity contribution in [1.82, 2.24) is 0 Å². The van der Waals surface area contributed by atoms with Gasteiger partial charge in [0.25, 0.3) is 0 Å². The van der Waals surface area contributed by atoms with E-state index in [9.17, 15) is 0 Å². The summed E-state index contributed by atoms with van der Waals surface area (Å²) in [5.74, 6) is 0. The third-order valence-corrected chi connectivity index (χ3v) is 1.10. The molecule has 10 heavy (non-hydrogen) atoms. The highest BCUT2D eigenvalue weighted by Crippen LogP contribution is 2.06. The summed E-state index contributed by atoms with van der Waals surface area (Å²) in [5.41, 5.74) is -0.460. The average Bonchev–Trinajstić information content (AvgIpc) is 1.89. The van der Waals surface area contributed by atoms with Gasteiger partial charge in [-0.25, -0.2) is 0 Å². The van der Waals surface area contributed by atoms with Crippen LogP contribution in [0.5, 0.6) is 0 Å². The lowest BCUT2D eigenvalue weighted by Gasteiger charge is -2.21. The third kappa shape index (κ3) is 4.73. The minimum atomic E-state index is -0.460. The highest BCUT2D eigenvalue weighted by molar-refractivity contribution is 4.65. The highest BCUT2D eigenvalue weighted by Gasteiger charge is 2.15. The lowest BCUT2D eigenvalue weighted by Crippen LogP contribution is -2.30. The molecule has 0 saturated carbocycles. The van der Waals surface area contributed by atoms with E-state index in [1.807, 2.05) is 13.8 Å². The van der Waals surface area contributed by atoms with Crippen LogP contribution in [-0.4, -0.2) is 30.5 Å². The molecular formula is C7H15O3. The maximum Gasteiger partial charge on any atom is 0.0857 e. The Labute approximate surface area is 62.0 Å². The molecule has 0 spiro atoms. The van der Waals surface area contributed by atoms with Gasteiger partial charge in [0.05, 0.1) is 32.5 Å². The first-order valence-electron chi connectivity index (χ1n) is 3.24. The topological polar surface area (TPSA) is 38.7 Å². The van der Waals surface area contributed by atoms with E-state index in [4.69, 9.17) is 9.84 Å². The average molecular weight is 147 g/mol. The van der Waals surface area contributed by atoms with Gasteiger partial charge in [0.1, 0.15) is 0 Å². The van der Waals surface area contributed by atoms with Crippen molar-refractivity contribution in [1.29, 1.82) is 0 Å². The zero-order chi connectivity index (χ0) is 8.04. The quantitative estimate of drug-likeness (QED) is 0.578. The van der Waals surface area contributed by atoms with Crippen LogP contribution in [-0.2, 0) is 9.47 Å². The molecule has 0 amide bonds. The van der Waals surface area contributed by atoms with Crippen LogP contribution in [0.1, 0.15) is 13.8 Å². The van der Waals surface area contributed by atoms with Gasteiger partial charge < -0.3 is 14.6 Å². The Morgan fingerprint density at radius 2 is 2.00 bits per heavy atom. The van der Waals surface area contributed by atoms with Gasteiger partial charge in [0, 0.05) is 0 Å². The Kier molecular flexibility index (Phi) is 4.60. The maximum absolute atomic E-state index is 8.71. The molecule has 3 nitrogen and oxygen atoms in total. The van der Waals surface area contributed by atoms with Crippen LogP contribution in [0.4, 0.5) is 0 Å². The van der Waals surface area contributed by atoms with E-state index in [0.29, 0.717) is 13.2 Å². The number of hydrogen-bond donors (Lipinski definition) is 1. The Morgan fingerprint density at radius 3 is 2.40 bits per heavy atom. The van der Waals surface area contributed by atoms with Crippen LogP contribution in [0.3, 0.4) is 0 Å². The van der Waals surface area contributed by atoms with E-state index in [2.05, 4.69) is 11.8 Å². The molecule has 0 aliphatic rings. The minimum absolute atomic E-state index is 0.0180. The third-order valence-electron chi connectivity index (χ3n) is 1.10. The first kappa shape index (κ1) is 9.88. The fourth-order valence-electron chi connectivity index (χ4n) is 0.423. The smallest absolute Gasteiger partial charge is 0.0857 e. The molecule has 0 saturated heterocycles. The van der Waals surface area contributed by atoms with Gasteiger partial charge in [-0.3, -0.25) is 0 Å². The summed E-state index contributed by atoms with van der Waals surface area (Å²) in [7, 11) is 3.19. The summed E-state index contributed by atoms with van der Waals surface area (Å²) in [6.07, 6.45) is 0. The molecule has 0 fully saturated rings. The maximum atomic E-state index is 8.71. The molecule has 0 aliphatic carbocycles. The molecule has 0 unspecified atom stereocenters. The van der Waals surface area contributed by atoms with Gasteiger partial charge in [-0.2, -0.15) is 0 Å². The Bertz CT molecular complexity index is 80.9. The highest BCUT2D eigenvalue weighted by atomic mass is 16.5. The van der Waals surface area contributed by atoms with E-state index in [1.54, 1.807) is 0 Å². The lowest BCUT2D eigenvalue weighted by atomic mass is 10.1. The Morgan fingerprint density at radius 1 is 1.40 bits per heavy atom. The predicted molar refractivity (Wildman–Crippen MR) is 38.4 cm³/mol. The van der Waals surface area contributed by atoms with Gasteiger partial charge >= 0.3 is 0 Å². The second-order valence-corrected chi connectivity index (χ2v) is 2.67. The van der Waals surface area contributed by atoms with Crippen molar-refractivity contribution in [3.05, 3.63) is 7.11 Å². The Balaban J connectivity index is 3.28. The van der Waals surface area contributed by atoms with Crippen LogP contribution < -0.4 is 0 Å². The standard InChI is InChI=1S/C7H15O3/c1-7(2,6-8)10-5-4-9-3/h8H,3-6H2,1-2H3. The van der Waals surface area contributed by atoms with Gasteiger partial charge in [-0.05, 0) is 13.8 Å². The monoisotopic (exact) mass is 147 g/mol. The van der Waals surface area contributed by atoms with Crippen molar-refractivity contribution in [3.63, 3.8) is 0 Å². The summed E-state index contributed by atoms with van der Waals surface area (Å²) in [6.45, 7) is 4.58. The summed E-state index contributed by atoms with van der Waals surface area (Å²) in [6, 6.07) is 0. The van der Waals surface area contributed by atoms with Crippen LogP contribution >= 0.6 is 0 Å². The molecule has 0 aromatic carbocycles. The normalized spacial score (nSPS) is 12.0. The molecule has 0 aromatic heterocycles. The van der Waals surface area contributed by atoms with Crippen molar-refractivity contribution >= 4 is 0 Å². The number of hydrogen-bond acceptors (Lipinski definition) is 3. The summed E-state index contributed by atoms with van der Waals surface area (Å²) < 4.78 is 9.73. The fraction of sp³-hybridized carbons (Fsp3) is 0.857. The molecule has 1 N–H and O–H groups in total. The van der Waals surface area contributed by atoms with Crippen LogP contribution in [0.15, 0.2) is 0 Å². The summed E-state index contributed by atoms with van der Waals surface area (Å²) >= 11 is 0. The summed E-state index contributed by atoms with van der Waals surface area (Å²) in [5, 5.41) is 8.71. The van der Waals surface area contributed by atoms with E-state index >= 15 is 0 Å². The summed E-state index contributed by atoms with van der Waals surface area (Å²) in [4.78, 5) is 0. The second kappa shape index (κ2) is 4.66. The van der Waals surface area contributed by atoms with Crippen LogP contribution in [0, 0.1) is 7.11 Å². The van der Waals surface area contributed by atoms with Crippen molar-refractivity contribution in [3.8, 4) is 0 Å². The van der Waals surface area contributed by atoms with Crippen molar-refractivity contribution in [2.24, 2.45) is 0 Å². The number of rotatable bonds is 5. The van der Waals surface area contributed by atoms with E-state index in [1.165, 1.54) is 0 Å². The minimum Gasteiger partial charge on any atom is -0.393 e. The number of aliphatic hydroxyl groups excluding tert-OH is 1. The largest absolute Gasteiger partial charge is 0.393 e. The molecule has 61 valence electrons. The predicted octanol–water partition coefficient (Wildman–Crippen LogP) is 0.582. The van der Waals surface area contributed by atoms with Gasteiger partial charge in [0.2, 0.25) is 0 Å².